The predicted molar refractivity (Wildman–Crippen MR) is 70.5 cm³/mol. The van der Waals surface area contributed by atoms with Gasteiger partial charge in [0, 0.05) is 18.7 Å². The Labute approximate surface area is 106 Å². The molecule has 6 nitrogen and oxygen atoms in total. The highest BCUT2D eigenvalue weighted by Gasteiger charge is 2.30. The summed E-state index contributed by atoms with van der Waals surface area (Å²) >= 11 is 0. The molecule has 0 aromatic carbocycles. The first-order chi connectivity index (χ1) is 8.49. The molecular formula is C12H18N4O2. The number of nitrogens with two attached hydrogens (primary N) is 1. The van der Waals surface area contributed by atoms with Crippen LogP contribution in [-0.4, -0.2) is 22.5 Å². The summed E-state index contributed by atoms with van der Waals surface area (Å²) in [5.74, 6) is 1.34. The zero-order valence-corrected chi connectivity index (χ0v) is 10.7. The summed E-state index contributed by atoms with van der Waals surface area (Å²) in [4.78, 5) is 16.8. The van der Waals surface area contributed by atoms with Crippen molar-refractivity contribution in [1.29, 1.82) is 0 Å². The van der Waals surface area contributed by atoms with Crippen LogP contribution in [-0.2, 0) is 0 Å². The molecule has 1 heterocycles. The molecular weight excluding hydrogens is 232 g/mol. The molecule has 0 spiro atoms. The third-order valence-corrected chi connectivity index (χ3v) is 3.12. The molecule has 1 fully saturated rings. The minimum atomic E-state index is -0.399. The van der Waals surface area contributed by atoms with Gasteiger partial charge in [0.15, 0.2) is 0 Å². The van der Waals surface area contributed by atoms with Gasteiger partial charge in [-0.15, -0.1) is 0 Å². The molecule has 0 radical (unpaired) electrons. The zero-order chi connectivity index (χ0) is 13.3. The maximum absolute atomic E-state index is 11.1. The quantitative estimate of drug-likeness (QED) is 0.639. The molecule has 1 aromatic heterocycles. The Morgan fingerprint density at radius 2 is 2.22 bits per heavy atom. The van der Waals surface area contributed by atoms with E-state index < -0.39 is 4.92 Å². The molecule has 2 N–H and O–H groups in total. The Morgan fingerprint density at radius 1 is 1.56 bits per heavy atom. The van der Waals surface area contributed by atoms with Crippen molar-refractivity contribution in [3.63, 3.8) is 0 Å². The summed E-state index contributed by atoms with van der Waals surface area (Å²) in [7, 11) is 0. The minimum Gasteiger partial charge on any atom is -0.384 e. The van der Waals surface area contributed by atoms with Crippen molar-refractivity contribution in [2.45, 2.75) is 32.7 Å². The predicted octanol–water partition coefficient (Wildman–Crippen LogP) is 2.20. The van der Waals surface area contributed by atoms with E-state index in [0.29, 0.717) is 17.6 Å². The lowest BCUT2D eigenvalue weighted by atomic mass is 10.2. The van der Waals surface area contributed by atoms with Gasteiger partial charge in [0.2, 0.25) is 5.82 Å². The van der Waals surface area contributed by atoms with Gasteiger partial charge in [-0.2, -0.15) is 0 Å². The van der Waals surface area contributed by atoms with E-state index in [0.717, 1.165) is 6.54 Å². The minimum absolute atomic E-state index is 0.0264. The molecule has 98 valence electrons. The molecule has 0 aliphatic heterocycles. The van der Waals surface area contributed by atoms with Crippen LogP contribution in [0.2, 0.25) is 0 Å². The SMILES string of the molecule is CC(C)N(CC1CC1)c1nc(N)ccc1[N+](=O)[O-]. The fraction of sp³-hybridized carbons (Fsp3) is 0.583. The molecule has 1 aromatic rings. The van der Waals surface area contributed by atoms with Gasteiger partial charge in [0.25, 0.3) is 0 Å². The van der Waals surface area contributed by atoms with E-state index in [9.17, 15) is 10.1 Å². The average Bonchev–Trinajstić information content (AvgIpc) is 3.08. The maximum atomic E-state index is 11.1. The normalized spacial score (nSPS) is 14.8. The van der Waals surface area contributed by atoms with Gasteiger partial charge in [-0.1, -0.05) is 0 Å². The lowest BCUT2D eigenvalue weighted by molar-refractivity contribution is -0.384. The number of rotatable bonds is 5. The van der Waals surface area contributed by atoms with Gasteiger partial charge in [0.05, 0.1) is 4.92 Å². The Morgan fingerprint density at radius 3 is 2.72 bits per heavy atom. The second-order valence-electron chi connectivity index (χ2n) is 5.03. The first kappa shape index (κ1) is 12.6. The number of nitro groups is 1. The highest BCUT2D eigenvalue weighted by Crippen LogP contribution is 2.35. The van der Waals surface area contributed by atoms with Gasteiger partial charge in [-0.25, -0.2) is 4.98 Å². The van der Waals surface area contributed by atoms with Gasteiger partial charge < -0.3 is 10.6 Å². The van der Waals surface area contributed by atoms with Crippen LogP contribution in [0.4, 0.5) is 17.3 Å². The van der Waals surface area contributed by atoms with Gasteiger partial charge in [-0.3, -0.25) is 10.1 Å². The third-order valence-electron chi connectivity index (χ3n) is 3.12. The molecule has 0 atom stereocenters. The molecule has 0 amide bonds. The van der Waals surface area contributed by atoms with Crippen molar-refractivity contribution >= 4 is 17.3 Å². The number of hydrogen-bond donors (Lipinski definition) is 1. The number of aromatic nitrogens is 1. The maximum Gasteiger partial charge on any atom is 0.311 e. The van der Waals surface area contributed by atoms with Gasteiger partial charge in [-0.05, 0) is 38.7 Å². The van der Waals surface area contributed by atoms with Crippen molar-refractivity contribution in [3.05, 3.63) is 22.2 Å². The monoisotopic (exact) mass is 250 g/mol. The van der Waals surface area contributed by atoms with E-state index in [2.05, 4.69) is 4.98 Å². The van der Waals surface area contributed by atoms with Crippen LogP contribution in [0.1, 0.15) is 26.7 Å². The van der Waals surface area contributed by atoms with E-state index in [-0.39, 0.29) is 11.7 Å². The van der Waals surface area contributed by atoms with Crippen molar-refractivity contribution < 1.29 is 4.92 Å². The molecule has 1 aliphatic carbocycles. The Bertz CT molecular complexity index is 457. The summed E-state index contributed by atoms with van der Waals surface area (Å²) < 4.78 is 0. The van der Waals surface area contributed by atoms with E-state index in [1.807, 2.05) is 18.7 Å². The molecule has 6 heteroatoms. The standard InChI is InChI=1S/C12H18N4O2/c1-8(2)15(7-9-3-4-9)12-10(16(17)18)5-6-11(13)14-12/h5-6,8-9H,3-4,7H2,1-2H3,(H2,13,14). The second-order valence-corrected chi connectivity index (χ2v) is 5.03. The lowest BCUT2D eigenvalue weighted by Gasteiger charge is -2.27. The van der Waals surface area contributed by atoms with Crippen LogP contribution in [0.5, 0.6) is 0 Å². The Balaban J connectivity index is 2.37. The summed E-state index contributed by atoms with van der Waals surface area (Å²) in [5, 5.41) is 11.1. The van der Waals surface area contributed by atoms with Crippen molar-refractivity contribution in [2.24, 2.45) is 5.92 Å². The molecule has 0 bridgehead atoms. The average molecular weight is 250 g/mol. The number of hydrogen-bond acceptors (Lipinski definition) is 5. The Kier molecular flexibility index (Phi) is 3.36. The van der Waals surface area contributed by atoms with Crippen LogP contribution in [0.3, 0.4) is 0 Å². The fourth-order valence-electron chi connectivity index (χ4n) is 1.93. The van der Waals surface area contributed by atoms with E-state index >= 15 is 0 Å². The van der Waals surface area contributed by atoms with Crippen molar-refractivity contribution in [3.8, 4) is 0 Å². The number of pyridine rings is 1. The second kappa shape index (κ2) is 4.80. The first-order valence-corrected chi connectivity index (χ1v) is 6.16. The van der Waals surface area contributed by atoms with E-state index in [1.54, 1.807) is 0 Å². The summed E-state index contributed by atoms with van der Waals surface area (Å²) in [6.07, 6.45) is 2.39. The van der Waals surface area contributed by atoms with E-state index in [1.165, 1.54) is 25.0 Å². The topological polar surface area (TPSA) is 85.3 Å². The van der Waals surface area contributed by atoms with Crippen LogP contribution >= 0.6 is 0 Å². The van der Waals surface area contributed by atoms with Gasteiger partial charge >= 0.3 is 5.69 Å². The third kappa shape index (κ3) is 2.69. The first-order valence-electron chi connectivity index (χ1n) is 6.16. The summed E-state index contributed by atoms with van der Waals surface area (Å²) in [5.41, 5.74) is 5.68. The fourth-order valence-corrected chi connectivity index (χ4v) is 1.93. The smallest absolute Gasteiger partial charge is 0.311 e. The molecule has 1 saturated carbocycles. The van der Waals surface area contributed by atoms with Gasteiger partial charge in [0.1, 0.15) is 5.82 Å². The lowest BCUT2D eigenvalue weighted by Crippen LogP contribution is -2.34. The zero-order valence-electron chi connectivity index (χ0n) is 10.7. The van der Waals surface area contributed by atoms with Crippen LogP contribution in [0.15, 0.2) is 12.1 Å². The number of nitrogen functional groups attached to an aromatic ring is 1. The molecule has 0 saturated heterocycles. The molecule has 0 unspecified atom stereocenters. The summed E-state index contributed by atoms with van der Waals surface area (Å²) in [6.45, 7) is 4.84. The van der Waals surface area contributed by atoms with Crippen LogP contribution < -0.4 is 10.6 Å². The Hall–Kier alpha value is -1.85. The highest BCUT2D eigenvalue weighted by atomic mass is 16.6. The van der Waals surface area contributed by atoms with Crippen molar-refractivity contribution in [1.82, 2.24) is 4.98 Å². The molecule has 1 aliphatic rings. The number of nitrogens with zero attached hydrogens (tertiary/aromatic N) is 3. The largest absolute Gasteiger partial charge is 0.384 e. The molecule has 2 rings (SSSR count). The van der Waals surface area contributed by atoms with Crippen molar-refractivity contribution in [2.75, 3.05) is 17.2 Å². The van der Waals surface area contributed by atoms with E-state index in [4.69, 9.17) is 5.73 Å². The number of anilines is 2. The highest BCUT2D eigenvalue weighted by molar-refractivity contribution is 5.61. The van der Waals surface area contributed by atoms with Crippen LogP contribution in [0.25, 0.3) is 0 Å². The van der Waals surface area contributed by atoms with Crippen LogP contribution in [0, 0.1) is 16.0 Å². The summed E-state index contributed by atoms with van der Waals surface area (Å²) in [6, 6.07) is 3.07. The molecule has 18 heavy (non-hydrogen) atoms.